The summed E-state index contributed by atoms with van der Waals surface area (Å²) in [4.78, 5) is 80.1. The van der Waals surface area contributed by atoms with Crippen LogP contribution in [-0.2, 0) is 48.3 Å². The number of nitrogens with zero attached hydrogens (tertiary/aromatic N) is 2. The number of hydrogen-bond acceptors (Lipinski definition) is 10. The summed E-state index contributed by atoms with van der Waals surface area (Å²) in [6, 6.07) is 5.64. The van der Waals surface area contributed by atoms with E-state index in [1.54, 1.807) is 28.8 Å². The van der Waals surface area contributed by atoms with Gasteiger partial charge in [-0.2, -0.15) is 0 Å². The van der Waals surface area contributed by atoms with Gasteiger partial charge in [-0.25, -0.2) is 9.78 Å². The van der Waals surface area contributed by atoms with Crippen molar-refractivity contribution in [2.24, 2.45) is 5.73 Å². The van der Waals surface area contributed by atoms with E-state index in [1.807, 2.05) is 6.92 Å². The van der Waals surface area contributed by atoms with Gasteiger partial charge in [0.15, 0.2) is 6.10 Å². The maximum absolute atomic E-state index is 13.4. The van der Waals surface area contributed by atoms with Gasteiger partial charge < -0.3 is 35.5 Å². The number of ether oxygens (including phenoxy) is 2. The van der Waals surface area contributed by atoms with Crippen molar-refractivity contribution in [2.75, 3.05) is 6.54 Å². The van der Waals surface area contributed by atoms with E-state index >= 15 is 0 Å². The molecule has 2 aliphatic heterocycles. The molecule has 3 amide bonds. The minimum absolute atomic E-state index is 0.00590. The number of unbranched alkanes of at least 4 members (excludes halogenated alkanes) is 10. The Morgan fingerprint density at radius 3 is 2.32 bits per heavy atom. The number of benzene rings is 1. The Bertz CT molecular complexity index is 1990. The lowest BCUT2D eigenvalue weighted by Gasteiger charge is -2.21. The fourth-order valence-electron chi connectivity index (χ4n) is 7.53. The van der Waals surface area contributed by atoms with Gasteiger partial charge in [0, 0.05) is 35.9 Å². The van der Waals surface area contributed by atoms with Crippen LogP contribution in [0.2, 0.25) is 0 Å². The number of carbonyl (C=O) groups is 5. The molecule has 0 saturated heterocycles. The number of aliphatic hydroxyl groups is 1. The number of fused-ring (bicyclic) bond motifs is 5. The molecule has 1 unspecified atom stereocenters. The SMILES string of the molecule is CCCCCCCCCCCCCC(=O)N[C@H](CC(N)=O)C(=O)NCCCC(=O)Oc1ccc2nc3c(c(CC)c2c1)Cn1c-3cc2c(c1=O)COC(=O)C2O. The average Bonchev–Trinajstić information content (AvgIpc) is 3.54. The van der Waals surface area contributed by atoms with Crippen LogP contribution in [0.4, 0.5) is 0 Å². The molecular formula is C42H55N5O9. The van der Waals surface area contributed by atoms with E-state index in [9.17, 15) is 33.9 Å². The predicted molar refractivity (Wildman–Crippen MR) is 209 cm³/mol. The van der Waals surface area contributed by atoms with Gasteiger partial charge in [-0.3, -0.25) is 24.0 Å². The van der Waals surface area contributed by atoms with Gasteiger partial charge in [0.1, 0.15) is 18.4 Å². The summed E-state index contributed by atoms with van der Waals surface area (Å²) in [5.41, 5.74) is 8.97. The molecule has 1 aromatic carbocycles. The highest BCUT2D eigenvalue weighted by Crippen LogP contribution is 2.38. The maximum atomic E-state index is 13.4. The van der Waals surface area contributed by atoms with Gasteiger partial charge in [-0.1, -0.05) is 78.1 Å². The molecule has 0 aliphatic carbocycles. The van der Waals surface area contributed by atoms with Gasteiger partial charge in [-0.05, 0) is 49.1 Å². The van der Waals surface area contributed by atoms with Gasteiger partial charge in [0.2, 0.25) is 17.7 Å². The zero-order valence-corrected chi connectivity index (χ0v) is 32.6. The zero-order valence-electron chi connectivity index (χ0n) is 32.6. The number of aromatic nitrogens is 2. The quantitative estimate of drug-likeness (QED) is 0.0480. The molecule has 0 spiro atoms. The molecule has 14 heteroatoms. The number of primary amides is 1. The Morgan fingerprint density at radius 1 is 0.946 bits per heavy atom. The number of pyridine rings is 2. The van der Waals surface area contributed by atoms with Crippen LogP contribution in [0.1, 0.15) is 139 Å². The zero-order chi connectivity index (χ0) is 40.2. The van der Waals surface area contributed by atoms with Crippen molar-refractivity contribution < 1.29 is 38.6 Å². The van der Waals surface area contributed by atoms with Crippen LogP contribution in [0, 0.1) is 0 Å². The second-order valence-electron chi connectivity index (χ2n) is 14.8. The number of amides is 3. The molecule has 0 fully saturated rings. The van der Waals surface area contributed by atoms with E-state index in [1.165, 1.54) is 44.9 Å². The first kappa shape index (κ1) is 42.0. The third kappa shape index (κ3) is 10.6. The summed E-state index contributed by atoms with van der Waals surface area (Å²) in [5, 5.41) is 16.5. The normalized spacial score (nSPS) is 14.7. The number of nitrogens with two attached hydrogens (primary N) is 1. The van der Waals surface area contributed by atoms with Crippen molar-refractivity contribution in [3.8, 4) is 17.1 Å². The number of hydrogen-bond donors (Lipinski definition) is 4. The molecule has 0 bridgehead atoms. The average molecular weight is 774 g/mol. The Hall–Kier alpha value is -5.11. The Labute approximate surface area is 326 Å². The van der Waals surface area contributed by atoms with Gasteiger partial charge in [0.05, 0.1) is 35.4 Å². The third-order valence-corrected chi connectivity index (χ3v) is 10.6. The lowest BCUT2D eigenvalue weighted by Crippen LogP contribution is -2.48. The molecule has 0 radical (unpaired) electrons. The summed E-state index contributed by atoms with van der Waals surface area (Å²) < 4.78 is 12.2. The van der Waals surface area contributed by atoms with Gasteiger partial charge in [-0.15, -0.1) is 0 Å². The number of aliphatic hydroxyl groups excluding tert-OH is 1. The highest BCUT2D eigenvalue weighted by atomic mass is 16.5. The first-order chi connectivity index (χ1) is 27.0. The van der Waals surface area contributed by atoms with E-state index in [-0.39, 0.29) is 68.0 Å². The molecule has 5 N–H and O–H groups in total. The summed E-state index contributed by atoms with van der Waals surface area (Å²) >= 11 is 0. The first-order valence-electron chi connectivity index (χ1n) is 20.2. The van der Waals surface area contributed by atoms with E-state index in [0.717, 1.165) is 35.8 Å². The minimum atomic E-state index is -1.54. The number of nitrogens with one attached hydrogen (secondary N) is 2. The monoisotopic (exact) mass is 773 g/mol. The van der Waals surface area contributed by atoms with Crippen LogP contribution in [-0.4, -0.2) is 56.9 Å². The number of esters is 2. The fourth-order valence-corrected chi connectivity index (χ4v) is 7.53. The molecule has 0 saturated carbocycles. The first-order valence-corrected chi connectivity index (χ1v) is 20.2. The lowest BCUT2D eigenvalue weighted by molar-refractivity contribution is -0.157. The predicted octanol–water partition coefficient (Wildman–Crippen LogP) is 4.94. The molecule has 4 heterocycles. The topological polar surface area (TPSA) is 209 Å². The van der Waals surface area contributed by atoms with E-state index < -0.39 is 35.9 Å². The number of rotatable bonds is 22. The van der Waals surface area contributed by atoms with Crippen molar-refractivity contribution in [1.82, 2.24) is 20.2 Å². The number of aryl methyl sites for hydroxylation is 1. The highest BCUT2D eigenvalue weighted by molar-refractivity contribution is 5.92. The van der Waals surface area contributed by atoms with E-state index in [2.05, 4.69) is 17.6 Å². The van der Waals surface area contributed by atoms with Crippen molar-refractivity contribution >= 4 is 40.6 Å². The maximum Gasteiger partial charge on any atom is 0.340 e. The highest BCUT2D eigenvalue weighted by Gasteiger charge is 2.34. The Kier molecular flexibility index (Phi) is 15.1. The van der Waals surface area contributed by atoms with E-state index in [0.29, 0.717) is 35.5 Å². The van der Waals surface area contributed by atoms with Crippen LogP contribution in [0.5, 0.6) is 5.75 Å². The fraction of sp³-hybridized carbons (Fsp3) is 0.548. The molecule has 14 nitrogen and oxygen atoms in total. The third-order valence-electron chi connectivity index (χ3n) is 10.6. The number of cyclic esters (lactones) is 1. The molecule has 302 valence electrons. The van der Waals surface area contributed by atoms with Crippen molar-refractivity contribution in [1.29, 1.82) is 0 Å². The molecule has 2 atom stereocenters. The lowest BCUT2D eigenvalue weighted by atomic mass is 9.97. The smallest absolute Gasteiger partial charge is 0.340 e. The van der Waals surface area contributed by atoms with Gasteiger partial charge in [0.25, 0.3) is 5.56 Å². The molecular weight excluding hydrogens is 718 g/mol. The second-order valence-corrected chi connectivity index (χ2v) is 14.8. The van der Waals surface area contributed by atoms with Crippen molar-refractivity contribution in [3.63, 3.8) is 0 Å². The van der Waals surface area contributed by atoms with E-state index in [4.69, 9.17) is 20.2 Å². The van der Waals surface area contributed by atoms with Crippen LogP contribution < -0.4 is 26.7 Å². The standard InChI is InChI=1S/C42H55N5O9/c1-3-5-6-7-8-9-10-11-12-13-14-16-36(49)45-33(23-35(43)48)40(52)44-20-15-17-37(50)56-26-18-19-32-28(21-26)27(4-2)30-24-47-34(38(30)46-32)22-29-31(41(47)53)25-55-42(54)39(29)51/h18-19,21-22,33,39,51H,3-17,20,23-25H2,1-2H3,(H2,43,48)(H,44,52)(H,45,49)/t33-,39?/m1/s1. The molecule has 56 heavy (non-hydrogen) atoms. The largest absolute Gasteiger partial charge is 0.458 e. The number of carbonyl (C=O) groups excluding carboxylic acids is 5. The summed E-state index contributed by atoms with van der Waals surface area (Å²) in [7, 11) is 0. The van der Waals surface area contributed by atoms with Crippen LogP contribution in [0.25, 0.3) is 22.3 Å². The second kappa shape index (κ2) is 20.2. The van der Waals surface area contributed by atoms with Crippen LogP contribution in [0.3, 0.4) is 0 Å². The summed E-state index contributed by atoms with van der Waals surface area (Å²) in [6.45, 7) is 4.37. The van der Waals surface area contributed by atoms with Crippen LogP contribution >= 0.6 is 0 Å². The molecule has 3 aromatic rings. The summed E-state index contributed by atoms with van der Waals surface area (Å²) in [5.74, 6) is -2.57. The van der Waals surface area contributed by atoms with Crippen LogP contribution in [0.15, 0.2) is 29.1 Å². The molecule has 2 aliphatic rings. The molecule has 2 aromatic heterocycles. The Balaban J connectivity index is 1.08. The molecule has 5 rings (SSSR count). The van der Waals surface area contributed by atoms with Crippen molar-refractivity contribution in [2.45, 2.75) is 142 Å². The van der Waals surface area contributed by atoms with Gasteiger partial charge >= 0.3 is 11.9 Å². The minimum Gasteiger partial charge on any atom is -0.458 e. The Morgan fingerprint density at radius 2 is 1.64 bits per heavy atom. The summed E-state index contributed by atoms with van der Waals surface area (Å²) in [6.07, 6.45) is 12.0. The van der Waals surface area contributed by atoms with Crippen molar-refractivity contribution in [3.05, 3.63) is 56.9 Å².